The molecule has 220 valence electrons. The lowest BCUT2D eigenvalue weighted by molar-refractivity contribution is 0.150. The SMILES string of the molecule is COc1cc(N2CCC(N3CCNCC3)CC2)ccc1Nc1nc(Nc2ccccc2S(C)(=O)=O)c2ccccc2n1. The molecular weight excluding hydrogens is 550 g/mol. The maximum Gasteiger partial charge on any atom is 0.229 e. The second kappa shape index (κ2) is 12.1. The van der Waals surface area contributed by atoms with Crippen LogP contribution in [0.1, 0.15) is 12.8 Å². The van der Waals surface area contributed by atoms with E-state index in [1.165, 1.54) is 6.26 Å². The highest BCUT2D eigenvalue weighted by Gasteiger charge is 2.26. The van der Waals surface area contributed by atoms with Crippen LogP contribution in [-0.2, 0) is 9.84 Å². The second-order valence-electron chi connectivity index (χ2n) is 10.8. The predicted molar refractivity (Wildman–Crippen MR) is 168 cm³/mol. The highest BCUT2D eigenvalue weighted by Crippen LogP contribution is 2.35. The van der Waals surface area contributed by atoms with E-state index in [0.717, 1.165) is 74.4 Å². The molecular formula is C31H37N7O3S. The standard InChI is InChI=1S/C31H37N7O3S/c1-41-28-21-23(37-17-13-22(14-18-37)38-19-15-32-16-20-38)11-12-26(28)35-31-34-25-8-4-3-7-24(25)30(36-31)33-27-9-5-6-10-29(27)42(2,39)40/h3-12,21-22,32H,13-20H2,1-2H3,(H2,33,34,35,36). The number of para-hydroxylation sites is 2. The van der Waals surface area contributed by atoms with E-state index in [-0.39, 0.29) is 4.90 Å². The predicted octanol–water partition coefficient (Wildman–Crippen LogP) is 4.40. The van der Waals surface area contributed by atoms with E-state index < -0.39 is 9.84 Å². The number of nitrogens with zero attached hydrogens (tertiary/aromatic N) is 4. The first-order valence-corrected chi connectivity index (χ1v) is 16.3. The van der Waals surface area contributed by atoms with Crippen LogP contribution in [0.25, 0.3) is 10.9 Å². The molecule has 2 aliphatic rings. The summed E-state index contributed by atoms with van der Waals surface area (Å²) in [7, 11) is -1.78. The van der Waals surface area contributed by atoms with Crippen LogP contribution in [0.15, 0.2) is 71.6 Å². The van der Waals surface area contributed by atoms with Gasteiger partial charge in [-0.05, 0) is 49.2 Å². The Bertz CT molecular complexity index is 1670. The average molecular weight is 588 g/mol. The molecule has 0 saturated carbocycles. The van der Waals surface area contributed by atoms with Gasteiger partial charge < -0.3 is 25.6 Å². The molecule has 3 heterocycles. The van der Waals surface area contributed by atoms with Crippen molar-refractivity contribution in [3.05, 3.63) is 66.7 Å². The molecule has 1 aromatic heterocycles. The first-order chi connectivity index (χ1) is 20.4. The van der Waals surface area contributed by atoms with Crippen molar-refractivity contribution in [3.8, 4) is 5.75 Å². The number of rotatable bonds is 8. The number of anilines is 5. The first-order valence-electron chi connectivity index (χ1n) is 14.4. The normalized spacial score (nSPS) is 16.9. The molecule has 2 aliphatic heterocycles. The molecule has 11 heteroatoms. The third kappa shape index (κ3) is 6.13. The van der Waals surface area contributed by atoms with Gasteiger partial charge in [0, 0.05) is 68.7 Å². The fraction of sp³-hybridized carbons (Fsp3) is 0.355. The molecule has 0 bridgehead atoms. The Kier molecular flexibility index (Phi) is 8.14. The van der Waals surface area contributed by atoms with E-state index in [1.807, 2.05) is 30.3 Å². The number of nitrogens with one attached hydrogen (secondary N) is 3. The van der Waals surface area contributed by atoms with Gasteiger partial charge in [0.25, 0.3) is 0 Å². The number of hydrogen-bond donors (Lipinski definition) is 3. The number of sulfone groups is 1. The zero-order valence-electron chi connectivity index (χ0n) is 24.0. The molecule has 3 aromatic carbocycles. The maximum absolute atomic E-state index is 12.4. The van der Waals surface area contributed by atoms with Crippen molar-refractivity contribution < 1.29 is 13.2 Å². The van der Waals surface area contributed by atoms with Crippen LogP contribution in [0, 0.1) is 0 Å². The maximum atomic E-state index is 12.4. The number of benzene rings is 3. The molecule has 42 heavy (non-hydrogen) atoms. The van der Waals surface area contributed by atoms with Gasteiger partial charge >= 0.3 is 0 Å². The lowest BCUT2D eigenvalue weighted by atomic mass is 10.0. The van der Waals surface area contributed by atoms with E-state index in [4.69, 9.17) is 14.7 Å². The van der Waals surface area contributed by atoms with E-state index in [0.29, 0.717) is 29.2 Å². The monoisotopic (exact) mass is 587 g/mol. The minimum Gasteiger partial charge on any atom is -0.494 e. The van der Waals surface area contributed by atoms with Crippen molar-refractivity contribution in [1.29, 1.82) is 0 Å². The van der Waals surface area contributed by atoms with Crippen molar-refractivity contribution in [1.82, 2.24) is 20.2 Å². The Morgan fingerprint density at radius 2 is 1.62 bits per heavy atom. The number of fused-ring (bicyclic) bond motifs is 1. The summed E-state index contributed by atoms with van der Waals surface area (Å²) >= 11 is 0. The van der Waals surface area contributed by atoms with Gasteiger partial charge in [0.1, 0.15) is 11.6 Å². The average Bonchev–Trinajstić information content (AvgIpc) is 3.01. The zero-order valence-corrected chi connectivity index (χ0v) is 24.8. The minimum atomic E-state index is -3.44. The molecule has 0 aliphatic carbocycles. The molecule has 0 radical (unpaired) electrons. The first kappa shape index (κ1) is 28.2. The van der Waals surface area contributed by atoms with Crippen molar-refractivity contribution in [3.63, 3.8) is 0 Å². The summed E-state index contributed by atoms with van der Waals surface area (Å²) in [6.45, 7) is 6.47. The summed E-state index contributed by atoms with van der Waals surface area (Å²) in [4.78, 5) is 14.7. The van der Waals surface area contributed by atoms with Gasteiger partial charge in [-0.15, -0.1) is 0 Å². The number of ether oxygens (including phenoxy) is 1. The zero-order chi connectivity index (χ0) is 29.1. The molecule has 2 saturated heterocycles. The summed E-state index contributed by atoms with van der Waals surface area (Å²) in [6, 6.07) is 21.3. The Balaban J connectivity index is 1.23. The second-order valence-corrected chi connectivity index (χ2v) is 12.8. The molecule has 6 rings (SSSR count). The molecule has 3 N–H and O–H groups in total. The Morgan fingerprint density at radius 3 is 2.38 bits per heavy atom. The Morgan fingerprint density at radius 1 is 0.881 bits per heavy atom. The third-order valence-electron chi connectivity index (χ3n) is 8.07. The van der Waals surface area contributed by atoms with Gasteiger partial charge in [-0.25, -0.2) is 13.4 Å². The highest BCUT2D eigenvalue weighted by atomic mass is 32.2. The lowest BCUT2D eigenvalue weighted by Crippen LogP contribution is -2.52. The van der Waals surface area contributed by atoms with E-state index >= 15 is 0 Å². The number of piperidine rings is 1. The van der Waals surface area contributed by atoms with E-state index in [9.17, 15) is 8.42 Å². The Labute approximate surface area is 247 Å². The van der Waals surface area contributed by atoms with Crippen LogP contribution in [-0.4, -0.2) is 82.0 Å². The Hall–Kier alpha value is -3.93. The lowest BCUT2D eigenvalue weighted by Gasteiger charge is -2.41. The quantitative estimate of drug-likeness (QED) is 0.274. The van der Waals surface area contributed by atoms with Gasteiger partial charge in [0.15, 0.2) is 9.84 Å². The summed E-state index contributed by atoms with van der Waals surface area (Å²) in [5, 5.41) is 10.8. The topological polar surface area (TPSA) is 112 Å². The minimum absolute atomic E-state index is 0.205. The third-order valence-corrected chi connectivity index (χ3v) is 9.23. The van der Waals surface area contributed by atoms with Crippen LogP contribution < -0.4 is 25.6 Å². The largest absolute Gasteiger partial charge is 0.494 e. The molecule has 0 spiro atoms. The number of methoxy groups -OCH3 is 1. The van der Waals surface area contributed by atoms with Crippen molar-refractivity contribution in [2.24, 2.45) is 0 Å². The van der Waals surface area contributed by atoms with Crippen molar-refractivity contribution in [2.75, 3.05) is 68.2 Å². The summed E-state index contributed by atoms with van der Waals surface area (Å²) in [5.74, 6) is 1.57. The van der Waals surface area contributed by atoms with Crippen LogP contribution in [0.3, 0.4) is 0 Å². The van der Waals surface area contributed by atoms with E-state index in [2.05, 4.69) is 37.9 Å². The fourth-order valence-electron chi connectivity index (χ4n) is 5.89. The van der Waals surface area contributed by atoms with E-state index in [1.54, 1.807) is 31.4 Å². The van der Waals surface area contributed by atoms with Crippen molar-refractivity contribution >= 4 is 49.6 Å². The molecule has 4 aromatic rings. The molecule has 0 atom stereocenters. The summed E-state index contributed by atoms with van der Waals surface area (Å²) in [5.41, 5.74) is 3.06. The summed E-state index contributed by atoms with van der Waals surface area (Å²) < 4.78 is 30.6. The van der Waals surface area contributed by atoms with Crippen LogP contribution in [0.5, 0.6) is 5.75 Å². The van der Waals surface area contributed by atoms with Crippen LogP contribution >= 0.6 is 0 Å². The van der Waals surface area contributed by atoms with Gasteiger partial charge in [-0.3, -0.25) is 4.90 Å². The molecule has 2 fully saturated rings. The smallest absolute Gasteiger partial charge is 0.229 e. The molecule has 10 nitrogen and oxygen atoms in total. The van der Waals surface area contributed by atoms with Gasteiger partial charge in [-0.2, -0.15) is 4.98 Å². The summed E-state index contributed by atoms with van der Waals surface area (Å²) in [6.07, 6.45) is 3.51. The number of piperazine rings is 1. The van der Waals surface area contributed by atoms with Gasteiger partial charge in [-0.1, -0.05) is 24.3 Å². The van der Waals surface area contributed by atoms with Crippen LogP contribution in [0.4, 0.5) is 28.8 Å². The number of aromatic nitrogens is 2. The molecule has 0 unspecified atom stereocenters. The van der Waals surface area contributed by atoms with Gasteiger partial charge in [0.05, 0.1) is 28.9 Å². The van der Waals surface area contributed by atoms with Gasteiger partial charge in [0.2, 0.25) is 5.95 Å². The van der Waals surface area contributed by atoms with Crippen molar-refractivity contribution in [2.45, 2.75) is 23.8 Å². The molecule has 0 amide bonds. The number of hydrogen-bond acceptors (Lipinski definition) is 10. The van der Waals surface area contributed by atoms with Crippen LogP contribution in [0.2, 0.25) is 0 Å². The fourth-order valence-corrected chi connectivity index (χ4v) is 6.73. The highest BCUT2D eigenvalue weighted by molar-refractivity contribution is 7.90.